The van der Waals surface area contributed by atoms with E-state index in [1.54, 1.807) is 24.3 Å². The highest BCUT2D eigenvalue weighted by Crippen LogP contribution is 2.31. The van der Waals surface area contributed by atoms with E-state index in [2.05, 4.69) is 59.6 Å². The quantitative estimate of drug-likeness (QED) is 0.552. The number of fused-ring (bicyclic) bond motifs is 1. The molecule has 1 aliphatic heterocycles. The third-order valence-corrected chi connectivity index (χ3v) is 8.72. The number of hydrogen-bond donors (Lipinski definition) is 1. The van der Waals surface area contributed by atoms with Crippen molar-refractivity contribution in [1.82, 2.24) is 14.5 Å². The fourth-order valence-corrected chi connectivity index (χ4v) is 5.59. The topological polar surface area (TPSA) is 69.7 Å². The van der Waals surface area contributed by atoms with Crippen LogP contribution < -0.4 is 5.32 Å². The zero-order valence-electron chi connectivity index (χ0n) is 20.1. The second-order valence-corrected chi connectivity index (χ2v) is 11.4. The summed E-state index contributed by atoms with van der Waals surface area (Å²) in [5, 5.41) is 5.58. The van der Waals surface area contributed by atoms with Gasteiger partial charge in [0.1, 0.15) is 0 Å². The summed E-state index contributed by atoms with van der Waals surface area (Å²) in [6.45, 7) is 4.43. The summed E-state index contributed by atoms with van der Waals surface area (Å²) in [6.07, 6.45) is 1.67. The lowest BCUT2D eigenvalue weighted by molar-refractivity contribution is -0.126. The SMILES string of the molecule is CC(c1cccc2ccccc12)N1CCC(C(=O)NCc2ccc(S(=O)(=O)N(C)C)cc2)CC1. The van der Waals surface area contributed by atoms with Gasteiger partial charge in [-0.15, -0.1) is 0 Å². The molecule has 3 aromatic carbocycles. The van der Waals surface area contributed by atoms with Crippen LogP contribution in [0.2, 0.25) is 0 Å². The van der Waals surface area contributed by atoms with Gasteiger partial charge in [0.25, 0.3) is 0 Å². The molecule has 0 saturated carbocycles. The van der Waals surface area contributed by atoms with Crippen LogP contribution in [0.3, 0.4) is 0 Å². The summed E-state index contributed by atoms with van der Waals surface area (Å²) < 4.78 is 25.6. The van der Waals surface area contributed by atoms with Crippen LogP contribution in [-0.2, 0) is 21.4 Å². The molecule has 0 spiro atoms. The number of piperidine rings is 1. The average Bonchev–Trinajstić information content (AvgIpc) is 2.86. The Hall–Kier alpha value is -2.74. The van der Waals surface area contributed by atoms with Gasteiger partial charge in [-0.1, -0.05) is 54.6 Å². The van der Waals surface area contributed by atoms with E-state index in [1.165, 1.54) is 34.7 Å². The van der Waals surface area contributed by atoms with Crippen LogP contribution in [0.4, 0.5) is 0 Å². The highest BCUT2D eigenvalue weighted by Gasteiger charge is 2.28. The van der Waals surface area contributed by atoms with E-state index in [-0.39, 0.29) is 16.7 Å². The fourth-order valence-electron chi connectivity index (χ4n) is 4.68. The maximum Gasteiger partial charge on any atom is 0.242 e. The summed E-state index contributed by atoms with van der Waals surface area (Å²) in [7, 11) is -0.423. The Morgan fingerprint density at radius 1 is 1.00 bits per heavy atom. The molecule has 0 radical (unpaired) electrons. The molecule has 0 aliphatic carbocycles. The summed E-state index contributed by atoms with van der Waals surface area (Å²) >= 11 is 0. The van der Waals surface area contributed by atoms with Crippen LogP contribution in [0, 0.1) is 5.92 Å². The molecule has 6 nitrogen and oxygen atoms in total. The van der Waals surface area contributed by atoms with Crippen LogP contribution >= 0.6 is 0 Å². The molecule has 180 valence electrons. The third kappa shape index (κ3) is 5.17. The molecule has 1 aliphatic rings. The number of carbonyl (C=O) groups excluding carboxylic acids is 1. The Bertz CT molecular complexity index is 1240. The molecule has 1 amide bonds. The Balaban J connectivity index is 1.31. The highest BCUT2D eigenvalue weighted by atomic mass is 32.2. The summed E-state index contributed by atoms with van der Waals surface area (Å²) in [4.78, 5) is 15.5. The Labute approximate surface area is 202 Å². The molecule has 1 heterocycles. The highest BCUT2D eigenvalue weighted by molar-refractivity contribution is 7.89. The molecular formula is C27H33N3O3S. The monoisotopic (exact) mass is 479 g/mol. The first-order valence-corrected chi connectivity index (χ1v) is 13.2. The maximum atomic E-state index is 12.8. The second kappa shape index (κ2) is 10.3. The van der Waals surface area contributed by atoms with Crippen LogP contribution in [-0.4, -0.2) is 50.7 Å². The van der Waals surface area contributed by atoms with Crippen molar-refractivity contribution in [1.29, 1.82) is 0 Å². The van der Waals surface area contributed by atoms with E-state index in [1.807, 2.05) is 0 Å². The van der Waals surface area contributed by atoms with Crippen molar-refractivity contribution in [2.75, 3.05) is 27.2 Å². The first-order valence-electron chi connectivity index (χ1n) is 11.8. The number of sulfonamides is 1. The molecule has 0 bridgehead atoms. The zero-order chi connectivity index (χ0) is 24.3. The van der Waals surface area contributed by atoms with Gasteiger partial charge in [-0.3, -0.25) is 9.69 Å². The lowest BCUT2D eigenvalue weighted by Crippen LogP contribution is -2.41. The van der Waals surface area contributed by atoms with E-state index in [4.69, 9.17) is 0 Å². The smallest absolute Gasteiger partial charge is 0.242 e. The number of likely N-dealkylation sites (tertiary alicyclic amines) is 1. The largest absolute Gasteiger partial charge is 0.352 e. The molecule has 7 heteroatoms. The van der Waals surface area contributed by atoms with Gasteiger partial charge in [-0.2, -0.15) is 0 Å². The van der Waals surface area contributed by atoms with Crippen LogP contribution in [0.25, 0.3) is 10.8 Å². The first kappa shape index (κ1) is 24.4. The Morgan fingerprint density at radius 3 is 2.32 bits per heavy atom. The summed E-state index contributed by atoms with van der Waals surface area (Å²) in [5.74, 6) is 0.0758. The number of rotatable bonds is 7. The van der Waals surface area contributed by atoms with Gasteiger partial charge in [-0.25, -0.2) is 12.7 Å². The van der Waals surface area contributed by atoms with E-state index >= 15 is 0 Å². The Morgan fingerprint density at radius 2 is 1.65 bits per heavy atom. The summed E-state index contributed by atoms with van der Waals surface area (Å²) in [5.41, 5.74) is 2.22. The van der Waals surface area contributed by atoms with Gasteiger partial charge >= 0.3 is 0 Å². The predicted octanol–water partition coefficient (Wildman–Crippen LogP) is 4.18. The van der Waals surface area contributed by atoms with Crippen LogP contribution in [0.1, 0.15) is 36.9 Å². The van der Waals surface area contributed by atoms with E-state index < -0.39 is 10.0 Å². The predicted molar refractivity (Wildman–Crippen MR) is 136 cm³/mol. The zero-order valence-corrected chi connectivity index (χ0v) is 20.9. The van der Waals surface area contributed by atoms with E-state index in [0.29, 0.717) is 12.6 Å². The molecular weight excluding hydrogens is 446 g/mol. The number of carbonyl (C=O) groups is 1. The number of nitrogens with one attached hydrogen (secondary N) is 1. The molecule has 4 rings (SSSR count). The number of hydrogen-bond acceptors (Lipinski definition) is 4. The van der Waals surface area contributed by atoms with Crippen molar-refractivity contribution < 1.29 is 13.2 Å². The molecule has 1 N–H and O–H groups in total. The molecule has 3 aromatic rings. The van der Waals surface area contributed by atoms with Crippen molar-refractivity contribution in [3.8, 4) is 0 Å². The molecule has 1 atom stereocenters. The average molecular weight is 480 g/mol. The summed E-state index contributed by atoms with van der Waals surface area (Å²) in [6, 6.07) is 22.0. The molecule has 0 aromatic heterocycles. The molecule has 34 heavy (non-hydrogen) atoms. The van der Waals surface area contributed by atoms with Crippen molar-refractivity contribution in [3.05, 3.63) is 77.9 Å². The van der Waals surface area contributed by atoms with Crippen molar-refractivity contribution in [2.24, 2.45) is 5.92 Å². The minimum absolute atomic E-state index is 0.00404. The number of amides is 1. The van der Waals surface area contributed by atoms with Gasteiger partial charge in [-0.05, 0) is 66.9 Å². The lowest BCUT2D eigenvalue weighted by Gasteiger charge is -2.36. The minimum Gasteiger partial charge on any atom is -0.352 e. The van der Waals surface area contributed by atoms with Gasteiger partial charge in [0.15, 0.2) is 0 Å². The van der Waals surface area contributed by atoms with Crippen molar-refractivity contribution >= 4 is 26.7 Å². The maximum absolute atomic E-state index is 12.8. The van der Waals surface area contributed by atoms with Crippen molar-refractivity contribution in [2.45, 2.75) is 37.2 Å². The van der Waals surface area contributed by atoms with Gasteiger partial charge in [0.05, 0.1) is 4.90 Å². The standard InChI is InChI=1S/C27H33N3O3S/c1-20(25-10-6-8-22-7-4-5-9-26(22)25)30-17-15-23(16-18-30)27(31)28-19-21-11-13-24(14-12-21)34(32,33)29(2)3/h4-14,20,23H,15-19H2,1-3H3,(H,28,31). The molecule has 1 fully saturated rings. The second-order valence-electron chi connectivity index (χ2n) is 9.20. The Kier molecular flexibility index (Phi) is 7.36. The van der Waals surface area contributed by atoms with Gasteiger partial charge < -0.3 is 5.32 Å². The van der Waals surface area contributed by atoms with Crippen molar-refractivity contribution in [3.63, 3.8) is 0 Å². The first-order chi connectivity index (χ1) is 16.3. The fraction of sp³-hybridized carbons (Fsp3) is 0.370. The number of benzene rings is 3. The van der Waals surface area contributed by atoms with Crippen LogP contribution in [0.15, 0.2) is 71.6 Å². The minimum atomic E-state index is -3.45. The van der Waals surface area contributed by atoms with Gasteiger partial charge in [0, 0.05) is 32.6 Å². The lowest BCUT2D eigenvalue weighted by atomic mass is 9.92. The van der Waals surface area contributed by atoms with E-state index in [9.17, 15) is 13.2 Å². The molecule has 1 saturated heterocycles. The molecule has 1 unspecified atom stereocenters. The number of nitrogens with zero attached hydrogens (tertiary/aromatic N) is 2. The van der Waals surface area contributed by atoms with E-state index in [0.717, 1.165) is 31.5 Å². The van der Waals surface area contributed by atoms with Gasteiger partial charge in [0.2, 0.25) is 15.9 Å². The third-order valence-electron chi connectivity index (χ3n) is 6.89. The normalized spacial score (nSPS) is 16.6. The van der Waals surface area contributed by atoms with Crippen LogP contribution in [0.5, 0.6) is 0 Å².